The van der Waals surface area contributed by atoms with E-state index >= 15 is 0 Å². The van der Waals surface area contributed by atoms with E-state index in [1.165, 1.54) is 30.3 Å². The monoisotopic (exact) mass is 583 g/mol. The molecule has 0 bridgehead atoms. The first kappa shape index (κ1) is 29.7. The lowest BCUT2D eigenvalue weighted by Gasteiger charge is -2.37. The number of rotatable bonds is 8. The lowest BCUT2D eigenvalue weighted by Crippen LogP contribution is -2.49. The zero-order chi connectivity index (χ0) is 28.7. The number of aliphatic hydroxyl groups is 2. The maximum absolute atomic E-state index is 14.9. The summed E-state index contributed by atoms with van der Waals surface area (Å²) in [7, 11) is 0. The van der Waals surface area contributed by atoms with E-state index in [4.69, 9.17) is 28.3 Å². The smallest absolute Gasteiger partial charge is 0.237 e. The number of fused-ring (bicyclic) bond motifs is 2. The molecule has 1 saturated heterocycles. The predicted octanol–water partition coefficient (Wildman–Crippen LogP) is 4.27. The van der Waals surface area contributed by atoms with E-state index in [9.17, 15) is 23.5 Å². The molecule has 2 amide bonds. The summed E-state index contributed by atoms with van der Waals surface area (Å²) in [5, 5.41) is 27.4. The van der Waals surface area contributed by atoms with Crippen molar-refractivity contribution in [3.8, 4) is 0 Å². The van der Waals surface area contributed by atoms with E-state index in [2.05, 4.69) is 16.0 Å². The lowest BCUT2D eigenvalue weighted by atomic mass is 9.62. The summed E-state index contributed by atoms with van der Waals surface area (Å²) < 4.78 is 29.1. The Morgan fingerprint density at radius 1 is 1.15 bits per heavy atom. The second-order valence-corrected chi connectivity index (χ2v) is 12.3. The van der Waals surface area contributed by atoms with Gasteiger partial charge in [0.1, 0.15) is 17.0 Å². The summed E-state index contributed by atoms with van der Waals surface area (Å²) in [6, 6.07) is 5.11. The Bertz CT molecular complexity index is 1270. The fourth-order valence-corrected chi connectivity index (χ4v) is 6.24. The summed E-state index contributed by atoms with van der Waals surface area (Å²) in [6.07, 6.45) is 0.261. The molecule has 0 unspecified atom stereocenters. The molecule has 39 heavy (non-hydrogen) atoms. The van der Waals surface area contributed by atoms with E-state index in [0.29, 0.717) is 29.7 Å². The number of aliphatic hydroxyl groups excluding tert-OH is 2. The third kappa shape index (κ3) is 5.65. The van der Waals surface area contributed by atoms with Gasteiger partial charge in [0, 0.05) is 24.2 Å². The summed E-state index contributed by atoms with van der Waals surface area (Å²) in [6.45, 7) is 5.85. The van der Waals surface area contributed by atoms with Crippen LogP contribution in [0.2, 0.25) is 10.0 Å². The van der Waals surface area contributed by atoms with Crippen LogP contribution in [0.4, 0.5) is 14.5 Å². The Morgan fingerprint density at radius 3 is 2.49 bits per heavy atom. The van der Waals surface area contributed by atoms with Crippen LogP contribution in [0.3, 0.4) is 0 Å². The van der Waals surface area contributed by atoms with Crippen molar-refractivity contribution < 1.29 is 28.6 Å². The molecule has 2 aromatic carbocycles. The normalized spacial score (nSPS) is 25.1. The molecule has 1 fully saturated rings. The van der Waals surface area contributed by atoms with Crippen molar-refractivity contribution >= 4 is 40.7 Å². The van der Waals surface area contributed by atoms with E-state index in [1.54, 1.807) is 0 Å². The van der Waals surface area contributed by atoms with Crippen LogP contribution in [0.5, 0.6) is 0 Å². The number of anilines is 1. The Kier molecular flexibility index (Phi) is 8.59. The van der Waals surface area contributed by atoms with Gasteiger partial charge in [0.05, 0.1) is 28.8 Å². The van der Waals surface area contributed by atoms with Gasteiger partial charge in [-0.1, -0.05) is 50.0 Å². The average Bonchev–Trinajstić information content (AvgIpc) is 3.33. The van der Waals surface area contributed by atoms with Crippen molar-refractivity contribution in [2.24, 2.45) is 5.41 Å². The minimum Gasteiger partial charge on any atom is -0.394 e. The van der Waals surface area contributed by atoms with Gasteiger partial charge >= 0.3 is 0 Å². The van der Waals surface area contributed by atoms with Crippen LogP contribution in [0.15, 0.2) is 30.3 Å². The topological polar surface area (TPSA) is 111 Å². The molecular weight excluding hydrogens is 551 g/mol. The zero-order valence-electron chi connectivity index (χ0n) is 22.0. The molecule has 0 aromatic heterocycles. The molecule has 5 atom stereocenters. The number of carbonyl (C=O) groups excluding carboxylic acids is 2. The van der Waals surface area contributed by atoms with Gasteiger partial charge in [-0.2, -0.15) is 0 Å². The third-order valence-corrected chi connectivity index (χ3v) is 8.09. The second kappa shape index (κ2) is 11.3. The Morgan fingerprint density at radius 2 is 1.85 bits per heavy atom. The fraction of sp³-hybridized carbons (Fsp3) is 0.500. The van der Waals surface area contributed by atoms with Gasteiger partial charge in [0.2, 0.25) is 11.8 Å². The Balaban J connectivity index is 1.85. The van der Waals surface area contributed by atoms with Crippen LogP contribution in [-0.2, 0) is 15.0 Å². The molecule has 0 saturated carbocycles. The van der Waals surface area contributed by atoms with Crippen LogP contribution in [0, 0.1) is 17.0 Å². The van der Waals surface area contributed by atoms with Crippen molar-refractivity contribution in [3.63, 3.8) is 0 Å². The highest BCUT2D eigenvalue weighted by Crippen LogP contribution is 2.57. The number of carbonyl (C=O) groups is 2. The van der Waals surface area contributed by atoms with Gasteiger partial charge in [-0.15, -0.1) is 0 Å². The van der Waals surface area contributed by atoms with Gasteiger partial charge in [-0.3, -0.25) is 9.59 Å². The van der Waals surface area contributed by atoms with E-state index < -0.39 is 53.0 Å². The molecule has 0 aliphatic carbocycles. The molecule has 2 heterocycles. The quantitative estimate of drug-likeness (QED) is 0.298. The highest BCUT2D eigenvalue weighted by Gasteiger charge is 2.65. The van der Waals surface area contributed by atoms with Crippen LogP contribution < -0.4 is 16.0 Å². The van der Waals surface area contributed by atoms with Crippen molar-refractivity contribution in [3.05, 3.63) is 63.1 Å². The lowest BCUT2D eigenvalue weighted by molar-refractivity contribution is -0.123. The summed E-state index contributed by atoms with van der Waals surface area (Å²) in [5.74, 6) is -3.07. The fourth-order valence-electron chi connectivity index (χ4n) is 5.89. The third-order valence-electron chi connectivity index (χ3n) is 7.51. The predicted molar refractivity (Wildman–Crippen MR) is 146 cm³/mol. The molecule has 4 rings (SSSR count). The maximum Gasteiger partial charge on any atom is 0.237 e. The summed E-state index contributed by atoms with van der Waals surface area (Å²) >= 11 is 12.2. The number of hydrogen-bond acceptors (Lipinski definition) is 5. The van der Waals surface area contributed by atoms with Gasteiger partial charge in [-0.05, 0) is 60.1 Å². The highest BCUT2D eigenvalue weighted by atomic mass is 35.5. The first-order valence-corrected chi connectivity index (χ1v) is 13.6. The van der Waals surface area contributed by atoms with Crippen molar-refractivity contribution in [1.82, 2.24) is 10.6 Å². The van der Waals surface area contributed by atoms with E-state index in [1.807, 2.05) is 20.8 Å². The van der Waals surface area contributed by atoms with Crippen LogP contribution >= 0.6 is 23.2 Å². The van der Waals surface area contributed by atoms with Crippen molar-refractivity contribution in [1.29, 1.82) is 0 Å². The standard InChI is InChI=1S/C28H33Cl2F2N3O4/c1-27(2,3)12-22-28(16-10-20(32)18(30)11-21(16)34-26(28)39)23(14-6-7-19(31)17(29)9-14)24(35-22)25(38)33-8-4-5-15(37)13-36/h6-7,9-11,15,22-24,35-37H,4-5,8,12-13H2,1-3H3,(H,33,38)(H,34,39)/t15-,22-,23+,24-,28+/m1/s1. The Hall–Kier alpha value is -2.30. The molecule has 11 heteroatoms. The van der Waals surface area contributed by atoms with Crippen molar-refractivity contribution in [2.45, 2.75) is 69.6 Å². The average molecular weight is 584 g/mol. The van der Waals surface area contributed by atoms with Gasteiger partial charge < -0.3 is 26.2 Å². The number of halogens is 4. The number of nitrogens with one attached hydrogen (secondary N) is 3. The summed E-state index contributed by atoms with van der Waals surface area (Å²) in [4.78, 5) is 27.7. The van der Waals surface area contributed by atoms with Crippen molar-refractivity contribution in [2.75, 3.05) is 18.5 Å². The van der Waals surface area contributed by atoms with Gasteiger partial charge in [0.25, 0.3) is 0 Å². The van der Waals surface area contributed by atoms with Gasteiger partial charge in [-0.25, -0.2) is 8.78 Å². The van der Waals surface area contributed by atoms with Crippen LogP contribution in [0.1, 0.15) is 57.1 Å². The second-order valence-electron chi connectivity index (χ2n) is 11.5. The van der Waals surface area contributed by atoms with E-state index in [0.717, 1.165) is 0 Å². The SMILES string of the molecule is CC(C)(C)C[C@H]1N[C@@H](C(=O)NCCC[C@@H](O)CO)[C@H](c2ccc(F)c(Cl)c2)[C@@]12C(=O)Nc1cc(Cl)c(F)cc12. The number of hydrogen-bond donors (Lipinski definition) is 5. The molecular formula is C28H33Cl2F2N3O4. The van der Waals surface area contributed by atoms with Crippen LogP contribution in [-0.4, -0.2) is 53.4 Å². The minimum atomic E-state index is -1.44. The zero-order valence-corrected chi connectivity index (χ0v) is 23.5. The number of benzene rings is 2. The number of amides is 2. The van der Waals surface area contributed by atoms with E-state index in [-0.39, 0.29) is 35.0 Å². The first-order valence-electron chi connectivity index (χ1n) is 12.9. The molecule has 5 N–H and O–H groups in total. The molecule has 2 aliphatic heterocycles. The first-order chi connectivity index (χ1) is 18.3. The maximum atomic E-state index is 14.9. The van der Waals surface area contributed by atoms with Crippen LogP contribution in [0.25, 0.3) is 0 Å². The highest BCUT2D eigenvalue weighted by molar-refractivity contribution is 6.31. The largest absolute Gasteiger partial charge is 0.394 e. The molecule has 0 radical (unpaired) electrons. The molecule has 2 aliphatic rings. The summed E-state index contributed by atoms with van der Waals surface area (Å²) in [5.41, 5.74) is -0.577. The molecule has 1 spiro atoms. The molecule has 7 nitrogen and oxygen atoms in total. The minimum absolute atomic E-state index is 0.148. The van der Waals surface area contributed by atoms with Gasteiger partial charge in [0.15, 0.2) is 0 Å². The molecule has 212 valence electrons. The molecule has 2 aromatic rings. The Labute approximate surface area is 236 Å².